The minimum Gasteiger partial charge on any atom is -0.465 e. The van der Waals surface area contributed by atoms with E-state index in [1.165, 1.54) is 7.11 Å². The largest absolute Gasteiger partial charge is 0.465 e. The molecule has 2 aromatic heterocycles. The maximum Gasteiger partial charge on any atom is 0.337 e. The molecule has 0 fully saturated rings. The third kappa shape index (κ3) is 2.07. The Labute approximate surface area is 132 Å². The molecule has 2 heterocycles. The normalized spacial score (nSPS) is 11.0. The van der Waals surface area contributed by atoms with E-state index in [2.05, 4.69) is 21.7 Å². The molecule has 23 heavy (non-hydrogen) atoms. The number of hydrogen-bond acceptors (Lipinski definition) is 3. The molecule has 4 aromatic rings. The molecule has 4 nitrogen and oxygen atoms in total. The summed E-state index contributed by atoms with van der Waals surface area (Å²) in [6, 6.07) is 19.6. The van der Waals surface area contributed by atoms with E-state index in [1.54, 1.807) is 12.3 Å². The van der Waals surface area contributed by atoms with Crippen LogP contribution in [0.4, 0.5) is 0 Å². The molecule has 4 heteroatoms. The number of pyridine rings is 1. The predicted molar refractivity (Wildman–Crippen MR) is 89.9 cm³/mol. The van der Waals surface area contributed by atoms with Crippen LogP contribution < -0.4 is 0 Å². The average Bonchev–Trinajstić information content (AvgIpc) is 2.95. The number of rotatable bonds is 2. The molecule has 0 unspecified atom stereocenters. The van der Waals surface area contributed by atoms with Gasteiger partial charge in [0.1, 0.15) is 5.82 Å². The first-order valence-corrected chi connectivity index (χ1v) is 7.32. The van der Waals surface area contributed by atoms with Gasteiger partial charge in [-0.25, -0.2) is 9.78 Å². The summed E-state index contributed by atoms with van der Waals surface area (Å²) in [4.78, 5) is 16.3. The number of esters is 1. The minimum atomic E-state index is -0.343. The zero-order valence-electron chi connectivity index (χ0n) is 12.6. The van der Waals surface area contributed by atoms with Crippen LogP contribution in [0.25, 0.3) is 27.6 Å². The molecule has 0 bridgehead atoms. The van der Waals surface area contributed by atoms with Gasteiger partial charge in [0.2, 0.25) is 0 Å². The van der Waals surface area contributed by atoms with Crippen molar-refractivity contribution in [1.82, 2.24) is 9.55 Å². The molecule has 0 amide bonds. The second-order valence-electron chi connectivity index (χ2n) is 5.26. The van der Waals surface area contributed by atoms with Gasteiger partial charge >= 0.3 is 5.97 Å². The van der Waals surface area contributed by atoms with Gasteiger partial charge in [-0.05, 0) is 30.3 Å². The number of hydrogen-bond donors (Lipinski definition) is 0. The van der Waals surface area contributed by atoms with Crippen molar-refractivity contribution in [3.05, 3.63) is 72.4 Å². The fraction of sp³-hybridized carbons (Fsp3) is 0.0526. The van der Waals surface area contributed by atoms with E-state index >= 15 is 0 Å². The Morgan fingerprint density at radius 3 is 2.52 bits per heavy atom. The quantitative estimate of drug-likeness (QED) is 0.526. The van der Waals surface area contributed by atoms with Crippen LogP contribution in [0, 0.1) is 0 Å². The second-order valence-corrected chi connectivity index (χ2v) is 5.26. The van der Waals surface area contributed by atoms with Crippen LogP contribution in [0.2, 0.25) is 0 Å². The standard InChI is InChI=1S/C19H14N2O2/c1-23-19(22)13-9-10-15-14-6-2-3-7-16(14)21(17(15)12-13)18-8-4-5-11-20-18/h2-12H,1H3. The molecule has 0 aliphatic rings. The van der Waals surface area contributed by atoms with Gasteiger partial charge in [-0.2, -0.15) is 0 Å². The number of benzene rings is 2. The van der Waals surface area contributed by atoms with Crippen molar-refractivity contribution in [3.63, 3.8) is 0 Å². The Kier molecular flexibility index (Phi) is 3.08. The zero-order chi connectivity index (χ0) is 15.8. The summed E-state index contributed by atoms with van der Waals surface area (Å²) in [5.74, 6) is 0.477. The van der Waals surface area contributed by atoms with E-state index in [9.17, 15) is 4.79 Å². The molecular formula is C19H14N2O2. The van der Waals surface area contributed by atoms with E-state index in [0.717, 1.165) is 27.6 Å². The molecule has 0 spiro atoms. The Balaban J connectivity index is 2.13. The molecule has 0 saturated heterocycles. The van der Waals surface area contributed by atoms with Crippen molar-refractivity contribution in [2.24, 2.45) is 0 Å². The SMILES string of the molecule is COC(=O)c1ccc2c3ccccc3n(-c3ccccn3)c2c1. The van der Waals surface area contributed by atoms with E-state index < -0.39 is 0 Å². The average molecular weight is 302 g/mol. The fourth-order valence-electron chi connectivity index (χ4n) is 2.95. The summed E-state index contributed by atoms with van der Waals surface area (Å²) in [5.41, 5.74) is 2.52. The molecule has 112 valence electrons. The van der Waals surface area contributed by atoms with Crippen LogP contribution in [0.15, 0.2) is 66.9 Å². The fourth-order valence-corrected chi connectivity index (χ4v) is 2.95. The molecule has 0 atom stereocenters. The second kappa shape index (κ2) is 5.25. The van der Waals surface area contributed by atoms with Crippen LogP contribution in [0.5, 0.6) is 0 Å². The van der Waals surface area contributed by atoms with Crippen molar-refractivity contribution in [1.29, 1.82) is 0 Å². The Morgan fingerprint density at radius 1 is 0.957 bits per heavy atom. The van der Waals surface area contributed by atoms with E-state index in [1.807, 2.05) is 42.5 Å². The lowest BCUT2D eigenvalue weighted by Crippen LogP contribution is -2.02. The van der Waals surface area contributed by atoms with Gasteiger partial charge in [0.15, 0.2) is 0 Å². The van der Waals surface area contributed by atoms with E-state index in [4.69, 9.17) is 4.74 Å². The predicted octanol–water partition coefficient (Wildman–Crippen LogP) is 3.97. The lowest BCUT2D eigenvalue weighted by atomic mass is 10.1. The van der Waals surface area contributed by atoms with Crippen molar-refractivity contribution < 1.29 is 9.53 Å². The van der Waals surface area contributed by atoms with Crippen LogP contribution in [-0.2, 0) is 4.74 Å². The van der Waals surface area contributed by atoms with Gasteiger partial charge < -0.3 is 4.74 Å². The van der Waals surface area contributed by atoms with Gasteiger partial charge in [0, 0.05) is 17.0 Å². The van der Waals surface area contributed by atoms with Gasteiger partial charge in [0.05, 0.1) is 23.7 Å². The summed E-state index contributed by atoms with van der Waals surface area (Å²) in [6.45, 7) is 0. The zero-order valence-corrected chi connectivity index (χ0v) is 12.6. The van der Waals surface area contributed by atoms with E-state index in [-0.39, 0.29) is 5.97 Å². The summed E-state index contributed by atoms with van der Waals surface area (Å²) in [7, 11) is 1.39. The molecule has 0 radical (unpaired) electrons. The molecule has 0 saturated carbocycles. The maximum atomic E-state index is 11.9. The Hall–Kier alpha value is -3.14. The molecular weight excluding hydrogens is 288 g/mol. The number of ether oxygens (including phenoxy) is 1. The number of fused-ring (bicyclic) bond motifs is 3. The molecule has 0 N–H and O–H groups in total. The number of carbonyl (C=O) groups excluding carboxylic acids is 1. The smallest absolute Gasteiger partial charge is 0.337 e. The van der Waals surface area contributed by atoms with E-state index in [0.29, 0.717) is 5.56 Å². The van der Waals surface area contributed by atoms with Crippen LogP contribution in [0.3, 0.4) is 0 Å². The third-order valence-corrected chi connectivity index (χ3v) is 3.97. The highest BCUT2D eigenvalue weighted by Crippen LogP contribution is 2.31. The molecule has 0 aliphatic heterocycles. The summed E-state index contributed by atoms with van der Waals surface area (Å²) < 4.78 is 6.91. The van der Waals surface area contributed by atoms with Gasteiger partial charge in [-0.3, -0.25) is 4.57 Å². The summed E-state index contributed by atoms with van der Waals surface area (Å²) >= 11 is 0. The molecule has 4 rings (SSSR count). The highest BCUT2D eigenvalue weighted by atomic mass is 16.5. The van der Waals surface area contributed by atoms with Crippen LogP contribution >= 0.6 is 0 Å². The van der Waals surface area contributed by atoms with Crippen molar-refractivity contribution in [2.45, 2.75) is 0 Å². The number of carbonyl (C=O) groups is 1. The number of nitrogens with zero attached hydrogens (tertiary/aromatic N) is 2. The topological polar surface area (TPSA) is 44.1 Å². The summed E-state index contributed by atoms with van der Waals surface area (Å²) in [6.07, 6.45) is 1.76. The lowest BCUT2D eigenvalue weighted by molar-refractivity contribution is 0.0601. The number of aromatic nitrogens is 2. The highest BCUT2D eigenvalue weighted by molar-refractivity contribution is 6.10. The summed E-state index contributed by atoms with van der Waals surface area (Å²) in [5, 5.41) is 2.21. The van der Waals surface area contributed by atoms with Gasteiger partial charge in [0.25, 0.3) is 0 Å². The first-order chi connectivity index (χ1) is 11.3. The van der Waals surface area contributed by atoms with Gasteiger partial charge in [-0.1, -0.05) is 30.3 Å². The maximum absolute atomic E-state index is 11.9. The van der Waals surface area contributed by atoms with Crippen LogP contribution in [0.1, 0.15) is 10.4 Å². The monoisotopic (exact) mass is 302 g/mol. The lowest BCUT2D eigenvalue weighted by Gasteiger charge is -2.06. The van der Waals surface area contributed by atoms with Crippen molar-refractivity contribution >= 4 is 27.8 Å². The van der Waals surface area contributed by atoms with Crippen LogP contribution in [-0.4, -0.2) is 22.6 Å². The number of para-hydroxylation sites is 1. The minimum absolute atomic E-state index is 0.343. The third-order valence-electron chi connectivity index (χ3n) is 3.97. The Bertz CT molecular complexity index is 1020. The first kappa shape index (κ1) is 13.5. The molecule has 2 aromatic carbocycles. The van der Waals surface area contributed by atoms with Crippen molar-refractivity contribution in [2.75, 3.05) is 7.11 Å². The number of methoxy groups -OCH3 is 1. The Morgan fingerprint density at radius 2 is 1.74 bits per heavy atom. The molecule has 0 aliphatic carbocycles. The first-order valence-electron chi connectivity index (χ1n) is 7.32. The van der Waals surface area contributed by atoms with Crippen molar-refractivity contribution in [3.8, 4) is 5.82 Å². The van der Waals surface area contributed by atoms with Gasteiger partial charge in [-0.15, -0.1) is 0 Å². The highest BCUT2D eigenvalue weighted by Gasteiger charge is 2.15.